The summed E-state index contributed by atoms with van der Waals surface area (Å²) in [6, 6.07) is 0. The van der Waals surface area contributed by atoms with E-state index in [1.54, 1.807) is 0 Å². The average molecular weight is 173 g/mol. The number of hydrogen-bond acceptors (Lipinski definition) is 6. The molecule has 0 atom stereocenters. The molecule has 0 bridgehead atoms. The van der Waals surface area contributed by atoms with Crippen LogP contribution in [0.15, 0.2) is 20.7 Å². The predicted molar refractivity (Wildman–Crippen MR) is 44.6 cm³/mol. The lowest BCUT2D eigenvalue weighted by molar-refractivity contribution is 0.373. The van der Waals surface area contributed by atoms with Crippen molar-refractivity contribution < 1.29 is 0 Å². The molecule has 0 aromatic carbocycles. The summed E-state index contributed by atoms with van der Waals surface area (Å²) in [5, 5.41) is 14.3. The molecule has 5 nitrogen and oxygen atoms in total. The van der Waals surface area contributed by atoms with E-state index < -0.39 is 4.99 Å². The third-order valence-corrected chi connectivity index (χ3v) is 1.75. The molecule has 1 aliphatic heterocycles. The third-order valence-electron chi connectivity index (χ3n) is 1.34. The van der Waals surface area contributed by atoms with Crippen molar-refractivity contribution in [3.63, 3.8) is 0 Å². The average Bonchev–Trinajstić information content (AvgIpc) is 2.33. The quantitative estimate of drug-likeness (QED) is 0.643. The topological polar surface area (TPSA) is 52.7 Å². The molecule has 0 amide bonds. The van der Waals surface area contributed by atoms with Crippen LogP contribution in [0, 0.1) is 0 Å². The van der Waals surface area contributed by atoms with Crippen LogP contribution in [-0.2, 0) is 0 Å². The number of thiol groups is 1. The van der Waals surface area contributed by atoms with Gasteiger partial charge in [0.25, 0.3) is 0 Å². The monoisotopic (exact) mass is 173 g/mol. The molecular weight excluding hydrogens is 162 g/mol. The van der Waals surface area contributed by atoms with Crippen LogP contribution < -0.4 is 0 Å². The molecule has 6 heteroatoms. The van der Waals surface area contributed by atoms with E-state index in [1.807, 2.05) is 19.0 Å². The van der Waals surface area contributed by atoms with E-state index >= 15 is 0 Å². The summed E-state index contributed by atoms with van der Waals surface area (Å²) in [5.41, 5.74) is 0. The summed E-state index contributed by atoms with van der Waals surface area (Å²) in [7, 11) is 3.97. The van der Waals surface area contributed by atoms with Gasteiger partial charge in [0.05, 0.1) is 0 Å². The highest BCUT2D eigenvalue weighted by Crippen LogP contribution is 2.27. The van der Waals surface area contributed by atoms with Crippen LogP contribution in [0.25, 0.3) is 0 Å². The Hall–Kier alpha value is -0.490. The standard InChI is InChI=1S/C5H11N5S/c1-10(2)4-3-5(11)6-8-9-7-5/h11H,3-4H2,1-2H3. The lowest BCUT2D eigenvalue weighted by Crippen LogP contribution is -2.22. The highest BCUT2D eigenvalue weighted by Gasteiger charge is 2.27. The lowest BCUT2D eigenvalue weighted by Gasteiger charge is -2.15. The molecule has 1 rings (SSSR count). The van der Waals surface area contributed by atoms with Crippen molar-refractivity contribution in [2.24, 2.45) is 20.7 Å². The molecule has 0 radical (unpaired) electrons. The second-order valence-corrected chi connectivity index (χ2v) is 3.42. The zero-order chi connectivity index (χ0) is 8.32. The summed E-state index contributed by atoms with van der Waals surface area (Å²) in [6.45, 7) is 0.877. The van der Waals surface area contributed by atoms with E-state index in [9.17, 15) is 0 Å². The molecule has 1 heterocycles. The third kappa shape index (κ3) is 2.55. The Balaban J connectivity index is 2.36. The molecule has 62 valence electrons. The van der Waals surface area contributed by atoms with Crippen molar-refractivity contribution in [2.75, 3.05) is 20.6 Å². The van der Waals surface area contributed by atoms with E-state index in [-0.39, 0.29) is 0 Å². The van der Waals surface area contributed by atoms with Crippen LogP contribution >= 0.6 is 12.6 Å². The van der Waals surface area contributed by atoms with Crippen LogP contribution in [0.3, 0.4) is 0 Å². The Morgan fingerprint density at radius 2 is 1.82 bits per heavy atom. The Morgan fingerprint density at radius 3 is 2.27 bits per heavy atom. The molecule has 0 aromatic rings. The van der Waals surface area contributed by atoms with E-state index in [2.05, 4.69) is 33.3 Å². The van der Waals surface area contributed by atoms with Gasteiger partial charge in [-0.1, -0.05) is 0 Å². The molecular formula is C5H11N5S. The van der Waals surface area contributed by atoms with Crippen LogP contribution in [-0.4, -0.2) is 30.5 Å². The first-order valence-electron chi connectivity index (χ1n) is 3.34. The van der Waals surface area contributed by atoms with Crippen molar-refractivity contribution in [2.45, 2.75) is 11.4 Å². The number of hydrogen-bond donors (Lipinski definition) is 1. The van der Waals surface area contributed by atoms with Gasteiger partial charge < -0.3 is 4.90 Å². The maximum absolute atomic E-state index is 4.21. The van der Waals surface area contributed by atoms with E-state index in [1.165, 1.54) is 0 Å². The maximum atomic E-state index is 4.21. The van der Waals surface area contributed by atoms with E-state index in [0.29, 0.717) is 0 Å². The normalized spacial score (nSPS) is 20.0. The smallest absolute Gasteiger partial charge is 0.239 e. The fraction of sp³-hybridized carbons (Fsp3) is 1.00. The van der Waals surface area contributed by atoms with Gasteiger partial charge in [-0.25, -0.2) is 0 Å². The number of nitrogens with zero attached hydrogens (tertiary/aromatic N) is 5. The first-order valence-corrected chi connectivity index (χ1v) is 3.78. The Kier molecular flexibility index (Phi) is 2.56. The maximum Gasteiger partial charge on any atom is 0.239 e. The molecule has 11 heavy (non-hydrogen) atoms. The van der Waals surface area contributed by atoms with Gasteiger partial charge in [-0.15, -0.1) is 22.9 Å². The molecule has 0 unspecified atom stereocenters. The van der Waals surface area contributed by atoms with Gasteiger partial charge in [-0.05, 0) is 24.5 Å². The van der Waals surface area contributed by atoms with Gasteiger partial charge in [0.2, 0.25) is 4.99 Å². The zero-order valence-corrected chi connectivity index (χ0v) is 7.49. The number of rotatable bonds is 3. The van der Waals surface area contributed by atoms with Crippen LogP contribution in [0.4, 0.5) is 0 Å². The minimum Gasteiger partial charge on any atom is -0.309 e. The van der Waals surface area contributed by atoms with Crippen LogP contribution in [0.1, 0.15) is 6.42 Å². The predicted octanol–water partition coefficient (Wildman–Crippen LogP) is 1.35. The van der Waals surface area contributed by atoms with Crippen LogP contribution in [0.2, 0.25) is 0 Å². The largest absolute Gasteiger partial charge is 0.309 e. The fourth-order valence-corrected chi connectivity index (χ4v) is 0.857. The molecule has 0 aliphatic carbocycles. The summed E-state index contributed by atoms with van der Waals surface area (Å²) >= 11 is 4.21. The van der Waals surface area contributed by atoms with Gasteiger partial charge in [-0.2, -0.15) is 0 Å². The summed E-state index contributed by atoms with van der Waals surface area (Å²) in [6.07, 6.45) is 0.732. The van der Waals surface area contributed by atoms with Gasteiger partial charge in [0.1, 0.15) is 0 Å². The summed E-state index contributed by atoms with van der Waals surface area (Å²) < 4.78 is 0. The molecule has 1 aliphatic rings. The molecule has 0 aromatic heterocycles. The minimum absolute atomic E-state index is 0.704. The summed E-state index contributed by atoms with van der Waals surface area (Å²) in [5.74, 6) is 0. The molecule has 0 saturated carbocycles. The minimum atomic E-state index is -0.704. The zero-order valence-electron chi connectivity index (χ0n) is 6.60. The molecule has 0 saturated heterocycles. The highest BCUT2D eigenvalue weighted by atomic mass is 32.1. The second-order valence-electron chi connectivity index (χ2n) is 2.71. The second kappa shape index (κ2) is 3.27. The lowest BCUT2D eigenvalue weighted by atomic mass is 10.3. The van der Waals surface area contributed by atoms with Gasteiger partial charge in [0.15, 0.2) is 0 Å². The van der Waals surface area contributed by atoms with Crippen molar-refractivity contribution in [3.8, 4) is 0 Å². The Labute approximate surface area is 71.0 Å². The van der Waals surface area contributed by atoms with Crippen molar-refractivity contribution in [3.05, 3.63) is 0 Å². The van der Waals surface area contributed by atoms with Crippen molar-refractivity contribution in [1.29, 1.82) is 0 Å². The van der Waals surface area contributed by atoms with Crippen molar-refractivity contribution in [1.82, 2.24) is 4.90 Å². The van der Waals surface area contributed by atoms with E-state index in [4.69, 9.17) is 0 Å². The van der Waals surface area contributed by atoms with Gasteiger partial charge in [-0.3, -0.25) is 0 Å². The highest BCUT2D eigenvalue weighted by molar-refractivity contribution is 7.81. The summed E-state index contributed by atoms with van der Waals surface area (Å²) in [4.78, 5) is 1.34. The first kappa shape index (κ1) is 8.61. The van der Waals surface area contributed by atoms with Gasteiger partial charge >= 0.3 is 0 Å². The van der Waals surface area contributed by atoms with Crippen molar-refractivity contribution >= 4 is 12.6 Å². The Bertz CT molecular complexity index is 175. The fourth-order valence-electron chi connectivity index (χ4n) is 0.677. The molecule has 0 N–H and O–H groups in total. The SMILES string of the molecule is CN(C)CCC1(S)N=NN=N1. The Morgan fingerprint density at radius 1 is 1.27 bits per heavy atom. The van der Waals surface area contributed by atoms with Gasteiger partial charge in [0, 0.05) is 13.0 Å². The van der Waals surface area contributed by atoms with E-state index in [0.717, 1.165) is 13.0 Å². The van der Waals surface area contributed by atoms with Crippen LogP contribution in [0.5, 0.6) is 0 Å². The molecule has 0 spiro atoms. The molecule has 0 fully saturated rings. The first-order chi connectivity index (χ1) is 5.12.